The highest BCUT2D eigenvalue weighted by atomic mass is 79.9. The van der Waals surface area contributed by atoms with Crippen LogP contribution < -0.4 is 0 Å². The van der Waals surface area contributed by atoms with Crippen LogP contribution in [0, 0.1) is 16.0 Å². The number of rotatable bonds is 4. The SMILES string of the molecule is CC(C)C(C(=O)O)n1cc(Br)c([N+](=O)[O-])n1. The molecule has 0 aliphatic heterocycles. The summed E-state index contributed by atoms with van der Waals surface area (Å²) in [5.41, 5.74) is 0. The summed E-state index contributed by atoms with van der Waals surface area (Å²) in [7, 11) is 0. The minimum absolute atomic E-state index is 0.171. The predicted molar refractivity (Wildman–Crippen MR) is 58.1 cm³/mol. The van der Waals surface area contributed by atoms with Crippen molar-refractivity contribution < 1.29 is 14.8 Å². The minimum atomic E-state index is -1.07. The van der Waals surface area contributed by atoms with Gasteiger partial charge in [-0.15, -0.1) is 0 Å². The molecule has 88 valence electrons. The molecule has 0 amide bonds. The van der Waals surface area contributed by atoms with Gasteiger partial charge >= 0.3 is 11.8 Å². The first-order valence-electron chi connectivity index (χ1n) is 4.46. The zero-order chi connectivity index (χ0) is 12.5. The van der Waals surface area contributed by atoms with Crippen molar-refractivity contribution in [2.45, 2.75) is 19.9 Å². The third kappa shape index (κ3) is 2.38. The Bertz CT molecular complexity index is 429. The maximum atomic E-state index is 11.0. The fourth-order valence-corrected chi connectivity index (χ4v) is 1.76. The lowest BCUT2D eigenvalue weighted by molar-refractivity contribution is -0.390. The van der Waals surface area contributed by atoms with Crippen molar-refractivity contribution in [1.29, 1.82) is 0 Å². The van der Waals surface area contributed by atoms with Crippen LogP contribution in [-0.4, -0.2) is 25.8 Å². The van der Waals surface area contributed by atoms with Gasteiger partial charge in [0.15, 0.2) is 6.04 Å². The molecule has 0 bridgehead atoms. The lowest BCUT2D eigenvalue weighted by atomic mass is 10.1. The van der Waals surface area contributed by atoms with E-state index in [-0.39, 0.29) is 16.2 Å². The van der Waals surface area contributed by atoms with Crippen LogP contribution in [0.15, 0.2) is 10.7 Å². The van der Waals surface area contributed by atoms with Gasteiger partial charge in [-0.1, -0.05) is 13.8 Å². The molecule has 1 rings (SSSR count). The van der Waals surface area contributed by atoms with E-state index in [0.717, 1.165) is 4.68 Å². The summed E-state index contributed by atoms with van der Waals surface area (Å²) in [6, 6.07) is -0.912. The second kappa shape index (κ2) is 4.60. The molecule has 0 radical (unpaired) electrons. The number of aromatic nitrogens is 2. The van der Waals surface area contributed by atoms with E-state index in [1.165, 1.54) is 6.20 Å². The molecule has 8 heteroatoms. The molecule has 0 saturated heterocycles. The van der Waals surface area contributed by atoms with E-state index in [9.17, 15) is 14.9 Å². The van der Waals surface area contributed by atoms with Crippen molar-refractivity contribution in [3.63, 3.8) is 0 Å². The van der Waals surface area contributed by atoms with Crippen LogP contribution in [-0.2, 0) is 4.79 Å². The molecule has 7 nitrogen and oxygen atoms in total. The first kappa shape index (κ1) is 12.6. The Morgan fingerprint density at radius 1 is 1.69 bits per heavy atom. The second-order valence-electron chi connectivity index (χ2n) is 3.56. The average molecular weight is 292 g/mol. The normalized spacial score (nSPS) is 12.8. The van der Waals surface area contributed by atoms with Crippen molar-refractivity contribution >= 4 is 27.7 Å². The summed E-state index contributed by atoms with van der Waals surface area (Å²) < 4.78 is 1.26. The van der Waals surface area contributed by atoms with E-state index in [4.69, 9.17) is 5.11 Å². The van der Waals surface area contributed by atoms with Gasteiger partial charge in [-0.25, -0.2) is 4.79 Å². The molecule has 1 aromatic heterocycles. The highest BCUT2D eigenvalue weighted by Crippen LogP contribution is 2.26. The largest absolute Gasteiger partial charge is 0.480 e. The third-order valence-electron chi connectivity index (χ3n) is 2.01. The number of carboxylic acid groups (broad SMARTS) is 1. The Morgan fingerprint density at radius 2 is 2.25 bits per heavy atom. The summed E-state index contributed by atoms with van der Waals surface area (Å²) >= 11 is 2.97. The van der Waals surface area contributed by atoms with Gasteiger partial charge in [-0.3, -0.25) is 0 Å². The summed E-state index contributed by atoms with van der Waals surface area (Å²) in [6.45, 7) is 3.42. The summed E-state index contributed by atoms with van der Waals surface area (Å²) in [4.78, 5) is 20.9. The first-order chi connectivity index (χ1) is 7.34. The number of carboxylic acids is 1. The number of nitro groups is 1. The molecule has 0 fully saturated rings. The molecule has 1 atom stereocenters. The zero-order valence-corrected chi connectivity index (χ0v) is 10.2. The van der Waals surface area contributed by atoms with Gasteiger partial charge < -0.3 is 15.2 Å². The Balaban J connectivity index is 3.17. The summed E-state index contributed by atoms with van der Waals surface area (Å²) in [5, 5.41) is 23.2. The smallest absolute Gasteiger partial charge is 0.404 e. The lowest BCUT2D eigenvalue weighted by Crippen LogP contribution is -2.24. The van der Waals surface area contributed by atoms with Crippen LogP contribution in [0.4, 0.5) is 5.82 Å². The Kier molecular flexibility index (Phi) is 3.63. The first-order valence-corrected chi connectivity index (χ1v) is 5.25. The zero-order valence-electron chi connectivity index (χ0n) is 8.62. The van der Waals surface area contributed by atoms with Crippen LogP contribution in [0.5, 0.6) is 0 Å². The fraction of sp³-hybridized carbons (Fsp3) is 0.500. The minimum Gasteiger partial charge on any atom is -0.480 e. The molecular weight excluding hydrogens is 282 g/mol. The maximum absolute atomic E-state index is 11.0. The van der Waals surface area contributed by atoms with Crippen LogP contribution in [0.2, 0.25) is 0 Å². The number of hydrogen-bond acceptors (Lipinski definition) is 4. The van der Waals surface area contributed by atoms with Gasteiger partial charge in [0.2, 0.25) is 0 Å². The molecule has 1 aromatic rings. The molecule has 0 aromatic carbocycles. The molecule has 0 aliphatic carbocycles. The van der Waals surface area contributed by atoms with Crippen molar-refractivity contribution in [3.05, 3.63) is 20.8 Å². The monoisotopic (exact) mass is 291 g/mol. The molecule has 0 saturated carbocycles. The summed E-state index contributed by atoms with van der Waals surface area (Å²) in [6.07, 6.45) is 1.30. The van der Waals surface area contributed by atoms with Crippen molar-refractivity contribution in [2.24, 2.45) is 5.92 Å². The fourth-order valence-electron chi connectivity index (χ4n) is 1.33. The molecule has 1 heterocycles. The third-order valence-corrected chi connectivity index (χ3v) is 2.57. The lowest BCUT2D eigenvalue weighted by Gasteiger charge is -2.12. The number of hydrogen-bond donors (Lipinski definition) is 1. The molecular formula is C8H10BrN3O4. The highest BCUT2D eigenvalue weighted by molar-refractivity contribution is 9.10. The topological polar surface area (TPSA) is 98.3 Å². The van der Waals surface area contributed by atoms with E-state index >= 15 is 0 Å². The van der Waals surface area contributed by atoms with Crippen LogP contribution >= 0.6 is 15.9 Å². The highest BCUT2D eigenvalue weighted by Gasteiger charge is 2.30. The van der Waals surface area contributed by atoms with Crippen molar-refractivity contribution in [1.82, 2.24) is 9.78 Å². The van der Waals surface area contributed by atoms with Crippen molar-refractivity contribution in [2.75, 3.05) is 0 Å². The van der Waals surface area contributed by atoms with Crippen LogP contribution in [0.3, 0.4) is 0 Å². The predicted octanol–water partition coefficient (Wildman–Crippen LogP) is 1.84. The van der Waals surface area contributed by atoms with E-state index < -0.39 is 16.9 Å². The van der Waals surface area contributed by atoms with Crippen molar-refractivity contribution in [3.8, 4) is 0 Å². The quantitative estimate of drug-likeness (QED) is 0.674. The van der Waals surface area contributed by atoms with Gasteiger partial charge in [0.25, 0.3) is 0 Å². The standard InChI is InChI=1S/C8H10BrN3O4/c1-4(2)6(8(13)14)11-3-5(9)7(10-11)12(15)16/h3-4,6H,1-2H3,(H,13,14). The van der Waals surface area contributed by atoms with E-state index in [1.807, 2.05) is 0 Å². The van der Waals surface area contributed by atoms with Gasteiger partial charge in [0, 0.05) is 0 Å². The summed E-state index contributed by atoms with van der Waals surface area (Å²) in [5.74, 6) is -1.67. The van der Waals surface area contributed by atoms with Gasteiger partial charge in [0.1, 0.15) is 4.47 Å². The van der Waals surface area contributed by atoms with Crippen LogP contribution in [0.25, 0.3) is 0 Å². The van der Waals surface area contributed by atoms with Gasteiger partial charge in [-0.2, -0.15) is 4.68 Å². The molecule has 16 heavy (non-hydrogen) atoms. The number of aliphatic carboxylic acids is 1. The Labute approximate surface area is 99.3 Å². The molecule has 0 aliphatic rings. The van der Waals surface area contributed by atoms with E-state index in [0.29, 0.717) is 0 Å². The number of carbonyl (C=O) groups is 1. The van der Waals surface area contributed by atoms with Gasteiger partial charge in [-0.05, 0) is 26.8 Å². The Hall–Kier alpha value is -1.44. The van der Waals surface area contributed by atoms with Crippen LogP contribution in [0.1, 0.15) is 19.9 Å². The molecule has 0 spiro atoms. The van der Waals surface area contributed by atoms with E-state index in [1.54, 1.807) is 13.8 Å². The maximum Gasteiger partial charge on any atom is 0.404 e. The molecule has 1 unspecified atom stereocenters. The average Bonchev–Trinajstić information content (AvgIpc) is 2.45. The second-order valence-corrected chi connectivity index (χ2v) is 4.42. The number of nitrogens with zero attached hydrogens (tertiary/aromatic N) is 3. The van der Waals surface area contributed by atoms with E-state index in [2.05, 4.69) is 21.0 Å². The number of halogens is 1. The Morgan fingerprint density at radius 3 is 2.56 bits per heavy atom. The van der Waals surface area contributed by atoms with Gasteiger partial charge in [0.05, 0.1) is 11.3 Å². The molecule has 1 N–H and O–H groups in total.